The molecule has 0 heterocycles. The summed E-state index contributed by atoms with van der Waals surface area (Å²) in [7, 11) is 5.92. The zero-order chi connectivity index (χ0) is 14.5. The molecule has 2 nitrogen and oxygen atoms in total. The Kier molecular flexibility index (Phi) is 11.1. The fourth-order valence-electron chi connectivity index (χ4n) is 1.54. The third-order valence-electron chi connectivity index (χ3n) is 2.66. The minimum absolute atomic E-state index is 0.123. The molecule has 0 spiro atoms. The average molecular weight is 262 g/mol. The van der Waals surface area contributed by atoms with Gasteiger partial charge in [-0.1, -0.05) is 30.7 Å². The zero-order valence-corrected chi connectivity index (χ0v) is 12.2. The van der Waals surface area contributed by atoms with Crippen molar-refractivity contribution in [2.75, 3.05) is 7.11 Å². The molecule has 1 aromatic carbocycles. The Bertz CT molecular complexity index is 344. The van der Waals surface area contributed by atoms with E-state index < -0.39 is 0 Å². The lowest BCUT2D eigenvalue weighted by Gasteiger charge is -1.96. The van der Waals surface area contributed by atoms with Crippen LogP contribution in [0.2, 0.25) is 12.4 Å². The number of carbonyl (C=O) groups is 1. The molecule has 1 rings (SSSR count). The van der Waals surface area contributed by atoms with Gasteiger partial charge in [0.15, 0.2) is 0 Å². The van der Waals surface area contributed by atoms with Gasteiger partial charge >= 0.3 is 5.97 Å². The maximum Gasteiger partial charge on any atom is 0.305 e. The van der Waals surface area contributed by atoms with Crippen molar-refractivity contribution in [1.29, 1.82) is 0 Å². The number of hydrogen-bond acceptors (Lipinski definition) is 2. The predicted octanol–water partition coefficient (Wildman–Crippen LogP) is 0.668. The van der Waals surface area contributed by atoms with Crippen LogP contribution < -0.4 is 5.46 Å². The van der Waals surface area contributed by atoms with Gasteiger partial charge < -0.3 is 4.74 Å². The van der Waals surface area contributed by atoms with E-state index in [9.17, 15) is 9.18 Å². The molecule has 0 saturated carbocycles. The number of methoxy groups -OCH3 is 1. The highest BCUT2D eigenvalue weighted by Gasteiger charge is 1.96. The summed E-state index contributed by atoms with van der Waals surface area (Å²) in [6.45, 7) is 1.94. The minimum atomic E-state index is -0.144. The molecule has 0 unspecified atom stereocenters. The summed E-state index contributed by atoms with van der Waals surface area (Å²) in [6, 6.07) is 6.79. The summed E-state index contributed by atoms with van der Waals surface area (Å²) in [4.78, 5) is 10.2. The molecule has 0 bridgehead atoms. The Morgan fingerprint density at radius 3 is 2.42 bits per heavy atom. The molecule has 0 aliphatic carbocycles. The van der Waals surface area contributed by atoms with E-state index in [0.717, 1.165) is 13.7 Å². The van der Waals surface area contributed by atoms with E-state index in [4.69, 9.17) is 0 Å². The number of rotatable bonds is 6. The lowest BCUT2D eigenvalue weighted by Crippen LogP contribution is -2.15. The molecule has 0 fully saturated rings. The highest BCUT2D eigenvalue weighted by Crippen LogP contribution is 1.92. The third-order valence-corrected chi connectivity index (χ3v) is 2.66. The van der Waals surface area contributed by atoms with Crippen LogP contribution >= 0.6 is 0 Å². The number of halogens is 1. The highest BCUT2D eigenvalue weighted by atomic mass is 19.1. The van der Waals surface area contributed by atoms with E-state index in [1.165, 1.54) is 44.4 Å². The van der Waals surface area contributed by atoms with E-state index in [1.54, 1.807) is 0 Å². The van der Waals surface area contributed by atoms with Crippen molar-refractivity contribution >= 4 is 33.8 Å². The largest absolute Gasteiger partial charge is 0.469 e. The van der Waals surface area contributed by atoms with Crippen LogP contribution in [0.5, 0.6) is 0 Å². The summed E-state index contributed by atoms with van der Waals surface area (Å²) >= 11 is 0. The Morgan fingerprint density at radius 1 is 1.37 bits per heavy atom. The fraction of sp³-hybridized carbons (Fsp3) is 0.462. The van der Waals surface area contributed by atoms with E-state index >= 15 is 0 Å². The van der Waals surface area contributed by atoms with Crippen molar-refractivity contribution in [3.8, 4) is 0 Å². The van der Waals surface area contributed by atoms with Crippen LogP contribution in [0, 0.1) is 5.82 Å². The molecule has 19 heavy (non-hydrogen) atoms. The molecule has 0 saturated heterocycles. The van der Waals surface area contributed by atoms with Crippen LogP contribution in [0.4, 0.5) is 4.39 Å². The molecular weight excluding hydrogens is 240 g/mol. The number of benzene rings is 1. The first kappa shape index (κ1) is 17.8. The van der Waals surface area contributed by atoms with Gasteiger partial charge in [0.25, 0.3) is 0 Å². The summed E-state index contributed by atoms with van der Waals surface area (Å²) in [5, 5.41) is 0. The van der Waals surface area contributed by atoms with Crippen LogP contribution in [0.25, 0.3) is 0 Å². The van der Waals surface area contributed by atoms with Crippen molar-refractivity contribution in [2.45, 2.75) is 32.2 Å². The smallest absolute Gasteiger partial charge is 0.305 e. The topological polar surface area (TPSA) is 26.3 Å². The fourth-order valence-corrected chi connectivity index (χ4v) is 1.54. The first-order valence-electron chi connectivity index (χ1n) is 6.95. The average Bonchev–Trinajstić information content (AvgIpc) is 2.42. The summed E-state index contributed by atoms with van der Waals surface area (Å²) < 4.78 is 16.8. The SMILES string of the molecule is BCBCBc1ccc(F)cc1.CCCC(=O)OC. The van der Waals surface area contributed by atoms with Gasteiger partial charge in [-0.3, -0.25) is 4.79 Å². The Balaban J connectivity index is 0.000000399. The minimum Gasteiger partial charge on any atom is -0.469 e. The van der Waals surface area contributed by atoms with Crippen molar-refractivity contribution in [3.05, 3.63) is 30.1 Å². The molecular formula is C13H22B3FO2. The van der Waals surface area contributed by atoms with Crippen LogP contribution in [0.3, 0.4) is 0 Å². The van der Waals surface area contributed by atoms with Crippen LogP contribution in [0.1, 0.15) is 19.8 Å². The predicted molar refractivity (Wildman–Crippen MR) is 85.4 cm³/mol. The monoisotopic (exact) mass is 262 g/mol. The summed E-state index contributed by atoms with van der Waals surface area (Å²) in [6.07, 6.45) is 3.85. The number of carbonyl (C=O) groups excluding carboxylic acids is 1. The van der Waals surface area contributed by atoms with Gasteiger partial charge in [-0.05, 0) is 18.6 Å². The van der Waals surface area contributed by atoms with Gasteiger partial charge in [0.05, 0.1) is 15.0 Å². The van der Waals surface area contributed by atoms with Crippen molar-refractivity contribution < 1.29 is 13.9 Å². The van der Waals surface area contributed by atoms with Gasteiger partial charge in [-0.15, -0.1) is 6.22 Å². The molecule has 6 heteroatoms. The second-order valence-corrected chi connectivity index (χ2v) is 4.41. The van der Waals surface area contributed by atoms with E-state index in [2.05, 4.69) is 12.6 Å². The summed E-state index contributed by atoms with van der Waals surface area (Å²) in [5.74, 6) is -0.267. The molecule has 0 amide bonds. The second kappa shape index (κ2) is 11.9. The Morgan fingerprint density at radius 2 is 2.00 bits per heavy atom. The highest BCUT2D eigenvalue weighted by molar-refractivity contribution is 6.67. The van der Waals surface area contributed by atoms with Gasteiger partial charge in [-0.25, -0.2) is 4.39 Å². The van der Waals surface area contributed by atoms with Crippen molar-refractivity contribution in [3.63, 3.8) is 0 Å². The molecule has 0 aromatic heterocycles. The lowest BCUT2D eigenvalue weighted by molar-refractivity contribution is -0.140. The number of hydrogen-bond donors (Lipinski definition) is 0. The normalized spacial score (nSPS) is 9.00. The maximum absolute atomic E-state index is 12.5. The summed E-state index contributed by atoms with van der Waals surface area (Å²) in [5.41, 5.74) is 1.24. The first-order chi connectivity index (χ1) is 9.13. The van der Waals surface area contributed by atoms with Crippen molar-refractivity contribution in [2.24, 2.45) is 0 Å². The lowest BCUT2D eigenvalue weighted by atomic mass is 9.48. The van der Waals surface area contributed by atoms with Crippen molar-refractivity contribution in [1.82, 2.24) is 0 Å². The molecule has 102 valence electrons. The molecule has 0 aliphatic heterocycles. The van der Waals surface area contributed by atoms with Gasteiger partial charge in [0.2, 0.25) is 0 Å². The first-order valence-corrected chi connectivity index (χ1v) is 6.95. The van der Waals surface area contributed by atoms with Crippen LogP contribution in [-0.4, -0.2) is 35.5 Å². The van der Waals surface area contributed by atoms with Crippen LogP contribution in [0.15, 0.2) is 24.3 Å². The van der Waals surface area contributed by atoms with Gasteiger partial charge in [0, 0.05) is 6.42 Å². The zero-order valence-electron chi connectivity index (χ0n) is 12.2. The Hall–Kier alpha value is -1.19. The van der Waals surface area contributed by atoms with E-state index in [0.29, 0.717) is 6.42 Å². The molecule has 0 aliphatic rings. The van der Waals surface area contributed by atoms with E-state index in [1.807, 2.05) is 19.1 Å². The molecule has 1 aromatic rings. The quantitative estimate of drug-likeness (QED) is 0.427. The number of esters is 1. The van der Waals surface area contributed by atoms with E-state index in [-0.39, 0.29) is 11.8 Å². The number of ether oxygens (including phenoxy) is 1. The third kappa shape index (κ3) is 10.4. The molecule has 0 atom stereocenters. The van der Waals surface area contributed by atoms with Gasteiger partial charge in [0.1, 0.15) is 20.4 Å². The Labute approximate surface area is 118 Å². The van der Waals surface area contributed by atoms with Crippen LogP contribution in [-0.2, 0) is 9.53 Å². The second-order valence-electron chi connectivity index (χ2n) is 4.41. The van der Waals surface area contributed by atoms with Gasteiger partial charge in [-0.2, -0.15) is 0 Å². The standard InChI is InChI=1S/C8H12B3F.C5H10O2/c9-5-10-6-11-7-1-3-8(12)4-2-7;1-3-4-5(6)7-2/h1-4,10-11H,5-6,9H2;3-4H2,1-2H3. The molecule has 0 radical (unpaired) electrons. The maximum atomic E-state index is 12.5. The molecule has 0 N–H and O–H groups in total.